The number of rotatable bonds is 5. The highest BCUT2D eigenvalue weighted by atomic mass is 79.9. The van der Waals surface area contributed by atoms with Gasteiger partial charge in [-0.1, -0.05) is 23.8 Å². The smallest absolute Gasteiger partial charge is 0.133 e. The molecule has 0 N–H and O–H groups in total. The summed E-state index contributed by atoms with van der Waals surface area (Å²) in [5.74, 6) is 0.868. The lowest BCUT2D eigenvalue weighted by atomic mass is 10.1. The van der Waals surface area contributed by atoms with E-state index in [1.807, 2.05) is 6.07 Å². The fourth-order valence-electron chi connectivity index (χ4n) is 2.17. The highest BCUT2D eigenvalue weighted by Gasteiger charge is 2.07. The average molecular weight is 334 g/mol. The first-order chi connectivity index (χ1) is 9.63. The first-order valence-corrected chi connectivity index (χ1v) is 7.57. The molecule has 3 heteroatoms. The Morgan fingerprint density at radius 3 is 2.35 bits per heavy atom. The van der Waals surface area contributed by atoms with Crippen LogP contribution in [0.5, 0.6) is 5.75 Å². The van der Waals surface area contributed by atoms with Crippen LogP contribution >= 0.6 is 15.9 Å². The van der Waals surface area contributed by atoms with Crippen molar-refractivity contribution in [3.63, 3.8) is 0 Å². The summed E-state index contributed by atoms with van der Waals surface area (Å²) in [5, 5.41) is 0. The van der Waals surface area contributed by atoms with Gasteiger partial charge in [0.2, 0.25) is 0 Å². The van der Waals surface area contributed by atoms with Gasteiger partial charge in [0, 0.05) is 18.8 Å². The molecule has 0 saturated carbocycles. The van der Waals surface area contributed by atoms with Crippen molar-refractivity contribution in [1.29, 1.82) is 0 Å². The highest BCUT2D eigenvalue weighted by Crippen LogP contribution is 2.27. The highest BCUT2D eigenvalue weighted by molar-refractivity contribution is 9.10. The minimum Gasteiger partial charge on any atom is -0.496 e. The zero-order valence-electron chi connectivity index (χ0n) is 12.2. The van der Waals surface area contributed by atoms with E-state index >= 15 is 0 Å². The van der Waals surface area contributed by atoms with Crippen LogP contribution in [0.2, 0.25) is 0 Å². The van der Waals surface area contributed by atoms with Crippen molar-refractivity contribution in [2.75, 3.05) is 18.6 Å². The topological polar surface area (TPSA) is 12.5 Å². The Balaban J connectivity index is 2.17. The fourth-order valence-corrected chi connectivity index (χ4v) is 2.76. The molecule has 0 saturated heterocycles. The van der Waals surface area contributed by atoms with Gasteiger partial charge in [-0.15, -0.1) is 0 Å². The van der Waals surface area contributed by atoms with Crippen LogP contribution in [0.1, 0.15) is 18.1 Å². The van der Waals surface area contributed by atoms with Crippen LogP contribution in [0.3, 0.4) is 0 Å². The predicted molar refractivity (Wildman–Crippen MR) is 88.6 cm³/mol. The molecule has 0 unspecified atom stereocenters. The van der Waals surface area contributed by atoms with Gasteiger partial charge in [0.25, 0.3) is 0 Å². The zero-order chi connectivity index (χ0) is 14.5. The maximum Gasteiger partial charge on any atom is 0.133 e. The number of halogens is 1. The second kappa shape index (κ2) is 6.80. The van der Waals surface area contributed by atoms with Crippen LogP contribution < -0.4 is 9.64 Å². The van der Waals surface area contributed by atoms with Gasteiger partial charge >= 0.3 is 0 Å². The van der Waals surface area contributed by atoms with E-state index in [4.69, 9.17) is 4.74 Å². The largest absolute Gasteiger partial charge is 0.496 e. The summed E-state index contributed by atoms with van der Waals surface area (Å²) in [6.07, 6.45) is 0. The summed E-state index contributed by atoms with van der Waals surface area (Å²) >= 11 is 3.54. The fraction of sp³-hybridized carbons (Fsp3) is 0.294. The Kier molecular flexibility index (Phi) is 5.07. The number of anilines is 1. The van der Waals surface area contributed by atoms with E-state index in [0.717, 1.165) is 23.3 Å². The van der Waals surface area contributed by atoms with Crippen LogP contribution in [0, 0.1) is 6.92 Å². The van der Waals surface area contributed by atoms with Gasteiger partial charge in [0.1, 0.15) is 5.75 Å². The Morgan fingerprint density at radius 2 is 1.80 bits per heavy atom. The lowest BCUT2D eigenvalue weighted by molar-refractivity contribution is 0.412. The van der Waals surface area contributed by atoms with Gasteiger partial charge in [0.05, 0.1) is 11.6 Å². The van der Waals surface area contributed by atoms with E-state index in [1.54, 1.807) is 7.11 Å². The summed E-state index contributed by atoms with van der Waals surface area (Å²) < 4.78 is 6.27. The Hall–Kier alpha value is -1.48. The molecule has 2 aromatic rings. The maximum absolute atomic E-state index is 5.27. The van der Waals surface area contributed by atoms with Gasteiger partial charge in [-0.2, -0.15) is 0 Å². The monoisotopic (exact) mass is 333 g/mol. The van der Waals surface area contributed by atoms with Crippen molar-refractivity contribution in [3.8, 4) is 5.75 Å². The number of aryl methyl sites for hydroxylation is 1. The third-order valence-corrected chi connectivity index (χ3v) is 3.99. The van der Waals surface area contributed by atoms with Gasteiger partial charge in [-0.3, -0.25) is 0 Å². The van der Waals surface area contributed by atoms with E-state index in [0.29, 0.717) is 0 Å². The molecule has 0 aliphatic rings. The number of hydrogen-bond acceptors (Lipinski definition) is 2. The van der Waals surface area contributed by atoms with Crippen LogP contribution in [-0.4, -0.2) is 13.7 Å². The van der Waals surface area contributed by atoms with Crippen LogP contribution in [0.15, 0.2) is 46.9 Å². The summed E-state index contributed by atoms with van der Waals surface area (Å²) in [6, 6.07) is 14.9. The second-order valence-electron chi connectivity index (χ2n) is 4.82. The van der Waals surface area contributed by atoms with Crippen LogP contribution in [0.25, 0.3) is 0 Å². The Labute approximate surface area is 129 Å². The third-order valence-electron chi connectivity index (χ3n) is 3.37. The summed E-state index contributed by atoms with van der Waals surface area (Å²) in [6.45, 7) is 6.16. The molecular formula is C17H20BrNO. The molecule has 20 heavy (non-hydrogen) atoms. The van der Waals surface area contributed by atoms with E-state index < -0.39 is 0 Å². The first-order valence-electron chi connectivity index (χ1n) is 6.78. The van der Waals surface area contributed by atoms with Gasteiger partial charge in [0.15, 0.2) is 0 Å². The van der Waals surface area contributed by atoms with Gasteiger partial charge in [-0.25, -0.2) is 0 Å². The zero-order valence-corrected chi connectivity index (χ0v) is 13.8. The number of methoxy groups -OCH3 is 1. The normalized spacial score (nSPS) is 10.4. The van der Waals surface area contributed by atoms with Crippen LogP contribution in [-0.2, 0) is 6.54 Å². The molecule has 2 nitrogen and oxygen atoms in total. The van der Waals surface area contributed by atoms with Gasteiger partial charge in [-0.05, 0) is 59.6 Å². The SMILES string of the molecule is CCN(Cc1ccc(OC)c(Br)c1)c1ccc(C)cc1. The molecule has 0 atom stereocenters. The summed E-state index contributed by atoms with van der Waals surface area (Å²) in [4.78, 5) is 2.35. The van der Waals surface area contributed by atoms with Crippen molar-refractivity contribution in [2.24, 2.45) is 0 Å². The number of nitrogens with zero attached hydrogens (tertiary/aromatic N) is 1. The first kappa shape index (κ1) is 14.9. The molecule has 0 heterocycles. The Morgan fingerprint density at radius 1 is 1.10 bits per heavy atom. The van der Waals surface area contributed by atoms with E-state index in [2.05, 4.69) is 71.1 Å². The van der Waals surface area contributed by atoms with Gasteiger partial charge < -0.3 is 9.64 Å². The number of hydrogen-bond donors (Lipinski definition) is 0. The predicted octanol–water partition coefficient (Wildman–Crippen LogP) is 4.79. The molecule has 2 rings (SSSR count). The van der Waals surface area contributed by atoms with Crippen molar-refractivity contribution >= 4 is 21.6 Å². The maximum atomic E-state index is 5.27. The van der Waals surface area contributed by atoms with E-state index in [1.165, 1.54) is 16.8 Å². The molecule has 106 valence electrons. The van der Waals surface area contributed by atoms with Crippen LogP contribution in [0.4, 0.5) is 5.69 Å². The summed E-state index contributed by atoms with van der Waals surface area (Å²) in [5.41, 5.74) is 3.81. The molecule has 0 aliphatic heterocycles. The van der Waals surface area contributed by atoms with Crippen molar-refractivity contribution in [1.82, 2.24) is 0 Å². The Bertz CT molecular complexity index is 566. The number of benzene rings is 2. The minimum absolute atomic E-state index is 0.868. The molecule has 0 aliphatic carbocycles. The lowest BCUT2D eigenvalue weighted by Gasteiger charge is -2.23. The number of ether oxygens (including phenoxy) is 1. The molecule has 0 aromatic heterocycles. The second-order valence-corrected chi connectivity index (χ2v) is 5.67. The molecule has 0 fully saturated rings. The molecule has 0 radical (unpaired) electrons. The third kappa shape index (κ3) is 3.54. The van der Waals surface area contributed by atoms with E-state index in [9.17, 15) is 0 Å². The van der Waals surface area contributed by atoms with Crippen molar-refractivity contribution < 1.29 is 4.74 Å². The lowest BCUT2D eigenvalue weighted by Crippen LogP contribution is -2.21. The molecular weight excluding hydrogens is 314 g/mol. The molecule has 2 aromatic carbocycles. The minimum atomic E-state index is 0.868. The summed E-state index contributed by atoms with van der Waals surface area (Å²) in [7, 11) is 1.68. The van der Waals surface area contributed by atoms with Crippen molar-refractivity contribution in [3.05, 3.63) is 58.1 Å². The molecule has 0 amide bonds. The standard InChI is InChI=1S/C17H20BrNO/c1-4-19(15-8-5-13(2)6-9-15)12-14-7-10-17(20-3)16(18)11-14/h5-11H,4,12H2,1-3H3. The quantitative estimate of drug-likeness (QED) is 0.779. The van der Waals surface area contributed by atoms with E-state index in [-0.39, 0.29) is 0 Å². The van der Waals surface area contributed by atoms with Crippen molar-refractivity contribution in [2.45, 2.75) is 20.4 Å². The average Bonchev–Trinajstić information content (AvgIpc) is 2.46. The molecule has 0 spiro atoms. The molecule has 0 bridgehead atoms.